The minimum Gasteiger partial charge on any atom is -0.286 e. The van der Waals surface area contributed by atoms with Crippen LogP contribution in [0.1, 0.15) is 11.1 Å². The van der Waals surface area contributed by atoms with Crippen LogP contribution in [0.15, 0.2) is 48.8 Å². The molecule has 2 rings (SSSR count). The van der Waals surface area contributed by atoms with Gasteiger partial charge in [0.25, 0.3) is 5.91 Å². The third-order valence-corrected chi connectivity index (χ3v) is 2.60. The molecule has 0 radical (unpaired) electrons. The highest BCUT2D eigenvalue weighted by Gasteiger charge is 1.99. The molecule has 1 aromatic carbocycles. The first kappa shape index (κ1) is 14.0. The van der Waals surface area contributed by atoms with E-state index in [1.165, 1.54) is 11.6 Å². The molecule has 0 aliphatic heterocycles. The van der Waals surface area contributed by atoms with E-state index in [0.29, 0.717) is 0 Å². The standard InChI is InChI=1S/C15H18N4O/c1-18(2)17-15(20)9-8-14-10-16-19(12-14)11-13-6-4-3-5-7-13/h3-10,12H,11H2,1-2H3,(H,17,20)/b9-8+. The molecule has 1 N–H and O–H groups in total. The van der Waals surface area contributed by atoms with Crippen molar-refractivity contribution in [2.24, 2.45) is 0 Å². The quantitative estimate of drug-likeness (QED) is 0.662. The lowest BCUT2D eigenvalue weighted by atomic mass is 10.2. The first-order valence-corrected chi connectivity index (χ1v) is 6.36. The van der Waals surface area contributed by atoms with Crippen LogP contribution in [0.4, 0.5) is 0 Å². The van der Waals surface area contributed by atoms with Crippen LogP contribution in [0.3, 0.4) is 0 Å². The van der Waals surface area contributed by atoms with E-state index in [-0.39, 0.29) is 5.91 Å². The molecule has 0 bridgehead atoms. The van der Waals surface area contributed by atoms with Gasteiger partial charge in [0, 0.05) is 31.9 Å². The summed E-state index contributed by atoms with van der Waals surface area (Å²) in [6, 6.07) is 10.1. The van der Waals surface area contributed by atoms with Gasteiger partial charge < -0.3 is 0 Å². The second-order valence-corrected chi connectivity index (χ2v) is 4.66. The number of rotatable bonds is 5. The second-order valence-electron chi connectivity index (χ2n) is 4.66. The van der Waals surface area contributed by atoms with Gasteiger partial charge in [-0.1, -0.05) is 30.3 Å². The van der Waals surface area contributed by atoms with Gasteiger partial charge in [-0.05, 0) is 11.6 Å². The molecule has 1 aromatic heterocycles. The minimum atomic E-state index is -0.161. The smallest absolute Gasteiger partial charge is 0.258 e. The molecule has 0 saturated heterocycles. The van der Waals surface area contributed by atoms with Crippen LogP contribution in [0.5, 0.6) is 0 Å². The first-order chi connectivity index (χ1) is 9.63. The van der Waals surface area contributed by atoms with Crippen molar-refractivity contribution in [1.82, 2.24) is 20.2 Å². The molecule has 20 heavy (non-hydrogen) atoms. The van der Waals surface area contributed by atoms with Crippen molar-refractivity contribution in [3.63, 3.8) is 0 Å². The molecule has 0 fully saturated rings. The van der Waals surface area contributed by atoms with Crippen LogP contribution in [-0.2, 0) is 11.3 Å². The van der Waals surface area contributed by atoms with Crippen molar-refractivity contribution in [2.45, 2.75) is 6.54 Å². The van der Waals surface area contributed by atoms with Crippen molar-refractivity contribution in [3.05, 3.63) is 59.9 Å². The summed E-state index contributed by atoms with van der Waals surface area (Å²) in [4.78, 5) is 11.5. The Bertz CT molecular complexity index is 587. The topological polar surface area (TPSA) is 50.2 Å². The number of carbonyl (C=O) groups excluding carboxylic acids is 1. The number of hydrogen-bond donors (Lipinski definition) is 1. The van der Waals surface area contributed by atoms with Gasteiger partial charge in [0.05, 0.1) is 12.7 Å². The van der Waals surface area contributed by atoms with Crippen molar-refractivity contribution in [1.29, 1.82) is 0 Å². The Labute approximate surface area is 118 Å². The molecular weight excluding hydrogens is 252 g/mol. The third-order valence-electron chi connectivity index (χ3n) is 2.60. The van der Waals surface area contributed by atoms with Gasteiger partial charge >= 0.3 is 0 Å². The number of benzene rings is 1. The molecule has 0 unspecified atom stereocenters. The Morgan fingerprint density at radius 1 is 1.35 bits per heavy atom. The number of nitrogens with zero attached hydrogens (tertiary/aromatic N) is 3. The highest BCUT2D eigenvalue weighted by molar-refractivity contribution is 5.91. The Kier molecular flexibility index (Phi) is 4.68. The fraction of sp³-hybridized carbons (Fsp3) is 0.200. The van der Waals surface area contributed by atoms with Crippen molar-refractivity contribution < 1.29 is 4.79 Å². The van der Waals surface area contributed by atoms with Crippen LogP contribution >= 0.6 is 0 Å². The predicted molar refractivity (Wildman–Crippen MR) is 78.6 cm³/mol. The zero-order chi connectivity index (χ0) is 14.4. The molecule has 0 spiro atoms. The van der Waals surface area contributed by atoms with E-state index in [0.717, 1.165) is 12.1 Å². The lowest BCUT2D eigenvalue weighted by Crippen LogP contribution is -2.34. The SMILES string of the molecule is CN(C)NC(=O)/C=C/c1cnn(Cc2ccccc2)c1. The van der Waals surface area contributed by atoms with E-state index in [1.54, 1.807) is 31.4 Å². The van der Waals surface area contributed by atoms with Gasteiger partial charge in [-0.2, -0.15) is 5.10 Å². The summed E-state index contributed by atoms with van der Waals surface area (Å²) in [5.41, 5.74) is 4.73. The molecule has 104 valence electrons. The number of nitrogens with one attached hydrogen (secondary N) is 1. The number of hydrogen-bond acceptors (Lipinski definition) is 3. The van der Waals surface area contributed by atoms with E-state index >= 15 is 0 Å². The largest absolute Gasteiger partial charge is 0.286 e. The van der Waals surface area contributed by atoms with Gasteiger partial charge in [-0.25, -0.2) is 5.01 Å². The molecular formula is C15H18N4O. The summed E-state index contributed by atoms with van der Waals surface area (Å²) in [6.07, 6.45) is 6.88. The Morgan fingerprint density at radius 3 is 2.80 bits per heavy atom. The first-order valence-electron chi connectivity index (χ1n) is 6.36. The number of aromatic nitrogens is 2. The molecule has 1 heterocycles. The number of hydrazine groups is 1. The maximum atomic E-state index is 11.5. The normalized spacial score (nSPS) is 11.2. The van der Waals surface area contributed by atoms with Crippen LogP contribution in [-0.4, -0.2) is 34.8 Å². The zero-order valence-electron chi connectivity index (χ0n) is 11.7. The summed E-state index contributed by atoms with van der Waals surface area (Å²) in [5, 5.41) is 5.88. The average molecular weight is 270 g/mol. The highest BCUT2D eigenvalue weighted by Crippen LogP contribution is 2.05. The van der Waals surface area contributed by atoms with Gasteiger partial charge in [0.15, 0.2) is 0 Å². The van der Waals surface area contributed by atoms with Gasteiger partial charge in [0.1, 0.15) is 0 Å². The third kappa shape index (κ3) is 4.37. The van der Waals surface area contributed by atoms with E-state index in [9.17, 15) is 4.79 Å². The summed E-state index contributed by atoms with van der Waals surface area (Å²) >= 11 is 0. The molecule has 5 heteroatoms. The molecule has 0 atom stereocenters. The number of amides is 1. The summed E-state index contributed by atoms with van der Waals surface area (Å²) < 4.78 is 1.85. The molecule has 0 saturated carbocycles. The van der Waals surface area contributed by atoms with Crippen LogP contribution in [0, 0.1) is 0 Å². The van der Waals surface area contributed by atoms with Crippen molar-refractivity contribution in [3.8, 4) is 0 Å². The van der Waals surface area contributed by atoms with Crippen LogP contribution in [0.25, 0.3) is 6.08 Å². The molecule has 1 amide bonds. The fourth-order valence-corrected chi connectivity index (χ4v) is 1.75. The van der Waals surface area contributed by atoms with Gasteiger partial charge in [-0.3, -0.25) is 14.9 Å². The number of carbonyl (C=O) groups is 1. The van der Waals surface area contributed by atoms with Crippen molar-refractivity contribution in [2.75, 3.05) is 14.1 Å². The monoisotopic (exact) mass is 270 g/mol. The van der Waals surface area contributed by atoms with E-state index in [1.807, 2.05) is 29.1 Å². The molecule has 0 aliphatic carbocycles. The maximum absolute atomic E-state index is 11.5. The summed E-state index contributed by atoms with van der Waals surface area (Å²) in [6.45, 7) is 0.721. The lowest BCUT2D eigenvalue weighted by molar-refractivity contribution is -0.119. The highest BCUT2D eigenvalue weighted by atomic mass is 16.2. The minimum absolute atomic E-state index is 0.161. The van der Waals surface area contributed by atoms with Gasteiger partial charge in [-0.15, -0.1) is 0 Å². The van der Waals surface area contributed by atoms with Crippen LogP contribution < -0.4 is 5.43 Å². The Hall–Kier alpha value is -2.40. The fourth-order valence-electron chi connectivity index (χ4n) is 1.75. The van der Waals surface area contributed by atoms with Gasteiger partial charge in [0.2, 0.25) is 0 Å². The Morgan fingerprint density at radius 2 is 2.10 bits per heavy atom. The molecule has 5 nitrogen and oxygen atoms in total. The Balaban J connectivity index is 1.95. The molecule has 2 aromatic rings. The van der Waals surface area contributed by atoms with Crippen molar-refractivity contribution >= 4 is 12.0 Å². The zero-order valence-corrected chi connectivity index (χ0v) is 11.7. The van der Waals surface area contributed by atoms with E-state index in [2.05, 4.69) is 22.7 Å². The lowest BCUT2D eigenvalue weighted by Gasteiger charge is -2.08. The van der Waals surface area contributed by atoms with E-state index < -0.39 is 0 Å². The summed E-state index contributed by atoms with van der Waals surface area (Å²) in [7, 11) is 3.53. The van der Waals surface area contributed by atoms with E-state index in [4.69, 9.17) is 0 Å². The molecule has 0 aliphatic rings. The summed E-state index contributed by atoms with van der Waals surface area (Å²) in [5.74, 6) is -0.161. The maximum Gasteiger partial charge on any atom is 0.258 e. The average Bonchev–Trinajstić information content (AvgIpc) is 2.84. The predicted octanol–water partition coefficient (Wildman–Crippen LogP) is 1.54. The second kappa shape index (κ2) is 6.68. The van der Waals surface area contributed by atoms with Crippen LogP contribution in [0.2, 0.25) is 0 Å².